The second kappa shape index (κ2) is 5.25. The molecule has 0 unspecified atom stereocenters. The Balaban J connectivity index is 2.74. The summed E-state index contributed by atoms with van der Waals surface area (Å²) in [6.45, 7) is 0. The highest BCUT2D eigenvalue weighted by atomic mass is 35.5. The van der Waals surface area contributed by atoms with E-state index in [1.807, 2.05) is 30.3 Å². The predicted octanol–water partition coefficient (Wildman–Crippen LogP) is 2.31. The standard InChI is InChI=1S/C11H10ClNO/c12-10(6-7-11(13)14)8-9-4-2-1-3-5-9/h1-8H,(H2,13,14)/b7-6-,10-8+. The summed E-state index contributed by atoms with van der Waals surface area (Å²) in [5, 5.41) is 0.468. The molecule has 2 nitrogen and oxygen atoms in total. The molecule has 0 aliphatic rings. The zero-order chi connectivity index (χ0) is 10.4. The van der Waals surface area contributed by atoms with Gasteiger partial charge in [-0.15, -0.1) is 0 Å². The summed E-state index contributed by atoms with van der Waals surface area (Å²) in [5.41, 5.74) is 5.90. The van der Waals surface area contributed by atoms with Crippen molar-refractivity contribution in [2.45, 2.75) is 0 Å². The van der Waals surface area contributed by atoms with Crippen LogP contribution in [0.15, 0.2) is 47.5 Å². The van der Waals surface area contributed by atoms with Gasteiger partial charge in [0, 0.05) is 11.1 Å². The molecule has 0 bridgehead atoms. The fourth-order valence-electron chi connectivity index (χ4n) is 0.918. The van der Waals surface area contributed by atoms with E-state index in [2.05, 4.69) is 0 Å². The number of carbonyl (C=O) groups excluding carboxylic acids is 1. The quantitative estimate of drug-likeness (QED) is 0.600. The minimum absolute atomic E-state index is 0.468. The van der Waals surface area contributed by atoms with Crippen LogP contribution in [-0.2, 0) is 4.79 Å². The highest BCUT2D eigenvalue weighted by Crippen LogP contribution is 2.10. The first-order chi connectivity index (χ1) is 6.68. The number of benzene rings is 1. The Bertz CT molecular complexity index is 368. The molecular formula is C11H10ClNO. The lowest BCUT2D eigenvalue weighted by Gasteiger charge is -1.92. The molecule has 14 heavy (non-hydrogen) atoms. The van der Waals surface area contributed by atoms with Crippen molar-refractivity contribution in [3.63, 3.8) is 0 Å². The number of hydrogen-bond acceptors (Lipinski definition) is 1. The topological polar surface area (TPSA) is 43.1 Å². The normalized spacial score (nSPS) is 11.9. The van der Waals surface area contributed by atoms with Gasteiger partial charge in [0.1, 0.15) is 0 Å². The molecular weight excluding hydrogens is 198 g/mol. The van der Waals surface area contributed by atoms with Crippen molar-refractivity contribution in [1.29, 1.82) is 0 Å². The summed E-state index contributed by atoms with van der Waals surface area (Å²) in [4.78, 5) is 10.4. The van der Waals surface area contributed by atoms with Crippen molar-refractivity contribution < 1.29 is 4.79 Å². The summed E-state index contributed by atoms with van der Waals surface area (Å²) in [5.74, 6) is -0.510. The van der Waals surface area contributed by atoms with Crippen molar-refractivity contribution in [1.82, 2.24) is 0 Å². The van der Waals surface area contributed by atoms with Crippen molar-refractivity contribution in [2.24, 2.45) is 5.73 Å². The molecule has 1 amide bonds. The average Bonchev–Trinajstić information content (AvgIpc) is 2.16. The summed E-state index contributed by atoms with van der Waals surface area (Å²) in [6, 6.07) is 9.58. The van der Waals surface area contributed by atoms with Crippen LogP contribution in [0.5, 0.6) is 0 Å². The molecule has 1 aromatic carbocycles. The van der Waals surface area contributed by atoms with Crippen LogP contribution in [-0.4, -0.2) is 5.91 Å². The van der Waals surface area contributed by atoms with Gasteiger partial charge in [-0.05, 0) is 17.7 Å². The maximum absolute atomic E-state index is 10.4. The Morgan fingerprint density at radius 2 is 1.86 bits per heavy atom. The average molecular weight is 208 g/mol. The predicted molar refractivity (Wildman–Crippen MR) is 58.6 cm³/mol. The van der Waals surface area contributed by atoms with Gasteiger partial charge in [0.05, 0.1) is 0 Å². The molecule has 1 rings (SSSR count). The van der Waals surface area contributed by atoms with Crippen molar-refractivity contribution in [2.75, 3.05) is 0 Å². The second-order valence-electron chi connectivity index (χ2n) is 2.68. The van der Waals surface area contributed by atoms with E-state index >= 15 is 0 Å². The summed E-state index contributed by atoms with van der Waals surface area (Å²) < 4.78 is 0. The first kappa shape index (κ1) is 10.5. The van der Waals surface area contributed by atoms with Gasteiger partial charge in [0.15, 0.2) is 0 Å². The minimum Gasteiger partial charge on any atom is -0.366 e. The first-order valence-corrected chi connectivity index (χ1v) is 4.46. The van der Waals surface area contributed by atoms with E-state index < -0.39 is 5.91 Å². The molecule has 0 spiro atoms. The van der Waals surface area contributed by atoms with Gasteiger partial charge in [-0.1, -0.05) is 41.9 Å². The molecule has 0 aliphatic heterocycles. The number of carbonyl (C=O) groups is 1. The van der Waals surface area contributed by atoms with Gasteiger partial charge in [0.2, 0.25) is 5.91 Å². The molecule has 72 valence electrons. The molecule has 0 saturated heterocycles. The molecule has 0 radical (unpaired) electrons. The lowest BCUT2D eigenvalue weighted by molar-refractivity contribution is -0.113. The van der Waals surface area contributed by atoms with Crippen LogP contribution in [0.2, 0.25) is 0 Å². The van der Waals surface area contributed by atoms with Crippen LogP contribution < -0.4 is 5.73 Å². The van der Waals surface area contributed by atoms with E-state index in [1.165, 1.54) is 12.2 Å². The highest BCUT2D eigenvalue weighted by Gasteiger charge is 1.89. The second-order valence-corrected chi connectivity index (χ2v) is 3.11. The fourth-order valence-corrected chi connectivity index (χ4v) is 1.11. The molecule has 0 fully saturated rings. The molecule has 0 aromatic heterocycles. The number of primary amides is 1. The third-order valence-corrected chi connectivity index (χ3v) is 1.75. The monoisotopic (exact) mass is 207 g/mol. The van der Waals surface area contributed by atoms with Crippen molar-refractivity contribution in [3.05, 3.63) is 53.1 Å². The third-order valence-electron chi connectivity index (χ3n) is 1.51. The van der Waals surface area contributed by atoms with E-state index in [9.17, 15) is 4.79 Å². The van der Waals surface area contributed by atoms with Gasteiger partial charge in [-0.25, -0.2) is 0 Å². The van der Waals surface area contributed by atoms with Crippen LogP contribution >= 0.6 is 11.6 Å². The number of nitrogens with two attached hydrogens (primary N) is 1. The van der Waals surface area contributed by atoms with E-state index in [1.54, 1.807) is 6.08 Å². The van der Waals surface area contributed by atoms with Gasteiger partial charge in [0.25, 0.3) is 0 Å². The zero-order valence-electron chi connectivity index (χ0n) is 7.48. The summed E-state index contributed by atoms with van der Waals surface area (Å²) in [6.07, 6.45) is 4.44. The molecule has 3 heteroatoms. The van der Waals surface area contributed by atoms with E-state index in [-0.39, 0.29) is 0 Å². The fraction of sp³-hybridized carbons (Fsp3) is 0. The molecule has 0 aliphatic carbocycles. The Labute approximate surface area is 87.7 Å². The number of halogens is 1. The van der Waals surface area contributed by atoms with E-state index in [4.69, 9.17) is 17.3 Å². The van der Waals surface area contributed by atoms with Gasteiger partial charge in [-0.3, -0.25) is 4.79 Å². The maximum Gasteiger partial charge on any atom is 0.241 e. The van der Waals surface area contributed by atoms with E-state index in [0.717, 1.165) is 5.56 Å². The Morgan fingerprint density at radius 3 is 2.43 bits per heavy atom. The SMILES string of the molecule is NC(=O)/C=C\C(Cl)=C/c1ccccc1. The lowest BCUT2D eigenvalue weighted by atomic mass is 10.2. The maximum atomic E-state index is 10.4. The highest BCUT2D eigenvalue weighted by molar-refractivity contribution is 6.33. The molecule has 0 heterocycles. The van der Waals surface area contributed by atoms with Crippen LogP contribution in [0.3, 0.4) is 0 Å². The zero-order valence-corrected chi connectivity index (χ0v) is 8.24. The van der Waals surface area contributed by atoms with Crippen LogP contribution in [0, 0.1) is 0 Å². The summed E-state index contributed by atoms with van der Waals surface area (Å²) >= 11 is 5.83. The lowest BCUT2D eigenvalue weighted by Crippen LogP contribution is -2.05. The molecule has 1 aromatic rings. The van der Waals surface area contributed by atoms with E-state index in [0.29, 0.717) is 5.03 Å². The summed E-state index contributed by atoms with van der Waals surface area (Å²) in [7, 11) is 0. The first-order valence-electron chi connectivity index (χ1n) is 4.08. The largest absolute Gasteiger partial charge is 0.366 e. The third kappa shape index (κ3) is 3.92. The van der Waals surface area contributed by atoms with Crippen LogP contribution in [0.1, 0.15) is 5.56 Å². The number of rotatable bonds is 3. The number of amides is 1. The molecule has 2 N–H and O–H groups in total. The molecule has 0 saturated carbocycles. The Hall–Kier alpha value is -1.54. The van der Waals surface area contributed by atoms with Crippen molar-refractivity contribution in [3.8, 4) is 0 Å². The Kier molecular flexibility index (Phi) is 3.95. The number of hydrogen-bond donors (Lipinski definition) is 1. The van der Waals surface area contributed by atoms with Gasteiger partial charge >= 0.3 is 0 Å². The smallest absolute Gasteiger partial charge is 0.241 e. The number of allylic oxidation sites excluding steroid dienone is 2. The Morgan fingerprint density at radius 1 is 1.21 bits per heavy atom. The van der Waals surface area contributed by atoms with Crippen LogP contribution in [0.25, 0.3) is 6.08 Å². The van der Waals surface area contributed by atoms with Crippen LogP contribution in [0.4, 0.5) is 0 Å². The molecule has 0 atom stereocenters. The van der Waals surface area contributed by atoms with Gasteiger partial charge < -0.3 is 5.73 Å². The minimum atomic E-state index is -0.510. The van der Waals surface area contributed by atoms with Crippen molar-refractivity contribution >= 4 is 23.6 Å². The van der Waals surface area contributed by atoms with Gasteiger partial charge in [-0.2, -0.15) is 0 Å².